The smallest absolute Gasteiger partial charge is 0.343 e. The minimum Gasteiger partial charge on any atom is -0.494 e. The van der Waals surface area contributed by atoms with E-state index in [0.29, 0.717) is 67.1 Å². The second kappa shape index (κ2) is 21.0. The van der Waals surface area contributed by atoms with Crippen molar-refractivity contribution in [2.75, 3.05) is 26.4 Å². The Morgan fingerprint density at radius 3 is 1.28 bits per heavy atom. The Balaban J connectivity index is 1.19. The quantitative estimate of drug-likeness (QED) is 0.0384. The minimum atomic E-state index is -0.632. The first-order valence-electron chi connectivity index (χ1n) is 17.1. The molecule has 0 bridgehead atoms. The van der Waals surface area contributed by atoms with Gasteiger partial charge in [-0.3, -0.25) is 0 Å². The van der Waals surface area contributed by atoms with Crippen LogP contribution in [0.5, 0.6) is 28.7 Å². The van der Waals surface area contributed by atoms with E-state index in [-0.39, 0.29) is 36.0 Å². The van der Waals surface area contributed by atoms with Crippen molar-refractivity contribution in [1.29, 1.82) is 0 Å². The van der Waals surface area contributed by atoms with E-state index >= 15 is 0 Å². The van der Waals surface area contributed by atoms with E-state index in [9.17, 15) is 24.0 Å². The van der Waals surface area contributed by atoms with Crippen LogP contribution in [0.2, 0.25) is 0 Å². The van der Waals surface area contributed by atoms with E-state index in [0.717, 1.165) is 12.2 Å². The highest BCUT2D eigenvalue weighted by Crippen LogP contribution is 2.26. The summed E-state index contributed by atoms with van der Waals surface area (Å²) < 4.78 is 37.7. The van der Waals surface area contributed by atoms with E-state index in [1.165, 1.54) is 36.4 Å². The molecule has 0 unspecified atom stereocenters. The van der Waals surface area contributed by atoms with Gasteiger partial charge in [0.05, 0.1) is 43.1 Å². The van der Waals surface area contributed by atoms with Crippen LogP contribution in [-0.4, -0.2) is 56.3 Å². The van der Waals surface area contributed by atoms with Crippen LogP contribution >= 0.6 is 0 Å². The molecule has 0 aliphatic carbocycles. The summed E-state index contributed by atoms with van der Waals surface area (Å²) in [4.78, 5) is 60.3. The third kappa shape index (κ3) is 13.1. The van der Waals surface area contributed by atoms with Gasteiger partial charge in [0.1, 0.15) is 28.7 Å². The van der Waals surface area contributed by atoms with Gasteiger partial charge < -0.3 is 33.2 Å². The molecule has 280 valence electrons. The number of aryl methyl sites for hydroxylation is 1. The van der Waals surface area contributed by atoms with Crippen LogP contribution in [0, 0.1) is 6.92 Å². The number of hydrogen-bond acceptors (Lipinski definition) is 12. The molecule has 0 aliphatic heterocycles. The third-order valence-electron chi connectivity index (χ3n) is 7.48. The monoisotopic (exact) mass is 736 g/mol. The fraction of sp³-hybridized carbons (Fsp3) is 0.214. The molecule has 4 aromatic carbocycles. The van der Waals surface area contributed by atoms with Gasteiger partial charge in [0.25, 0.3) is 0 Å². The van der Waals surface area contributed by atoms with E-state index in [2.05, 4.69) is 13.2 Å². The predicted octanol–water partition coefficient (Wildman–Crippen LogP) is 7.43. The van der Waals surface area contributed by atoms with Gasteiger partial charge in [-0.2, -0.15) is 0 Å². The minimum absolute atomic E-state index is 0.228. The van der Waals surface area contributed by atoms with Crippen molar-refractivity contribution < 1.29 is 57.1 Å². The molecular formula is C42H40O12. The second-order valence-corrected chi connectivity index (χ2v) is 11.5. The summed E-state index contributed by atoms with van der Waals surface area (Å²) in [6.45, 7) is 9.81. The molecule has 0 amide bonds. The molecule has 12 heteroatoms. The zero-order valence-electron chi connectivity index (χ0n) is 29.8. The number of esters is 5. The van der Waals surface area contributed by atoms with Crippen LogP contribution in [0.15, 0.2) is 116 Å². The topological polar surface area (TPSA) is 150 Å². The summed E-state index contributed by atoms with van der Waals surface area (Å²) >= 11 is 0. The number of unbranched alkanes of at least 4 members (excludes halogenated alkanes) is 2. The van der Waals surface area contributed by atoms with E-state index in [1.807, 2.05) is 0 Å². The lowest BCUT2D eigenvalue weighted by Crippen LogP contribution is -2.11. The SMILES string of the molecule is C=CC(=O)OCCCCOc1ccc(C(=O)Oc2ccc(C(=O)Oc3ccc(OC(=O)c4ccc(OCCCCOC(=O)C=C)cc4)cc3C)cc2)cc1. The highest BCUT2D eigenvalue weighted by molar-refractivity contribution is 5.93. The zero-order valence-corrected chi connectivity index (χ0v) is 29.8. The van der Waals surface area contributed by atoms with Gasteiger partial charge in [-0.25, -0.2) is 24.0 Å². The lowest BCUT2D eigenvalue weighted by atomic mass is 10.2. The average molecular weight is 737 g/mol. The maximum Gasteiger partial charge on any atom is 0.343 e. The van der Waals surface area contributed by atoms with E-state index < -0.39 is 29.8 Å². The lowest BCUT2D eigenvalue weighted by Gasteiger charge is -2.11. The van der Waals surface area contributed by atoms with E-state index in [1.54, 1.807) is 61.5 Å². The molecule has 0 atom stereocenters. The Bertz CT molecular complexity index is 1910. The highest BCUT2D eigenvalue weighted by atomic mass is 16.6. The van der Waals surface area contributed by atoms with Gasteiger partial charge in [0.2, 0.25) is 0 Å². The van der Waals surface area contributed by atoms with Gasteiger partial charge in [-0.05, 0) is 129 Å². The summed E-state index contributed by atoms with van der Waals surface area (Å²) in [6, 6.07) is 23.5. The summed E-state index contributed by atoms with van der Waals surface area (Å²) in [5.74, 6) is -0.775. The summed E-state index contributed by atoms with van der Waals surface area (Å²) in [5.41, 5.74) is 1.42. The highest BCUT2D eigenvalue weighted by Gasteiger charge is 2.15. The van der Waals surface area contributed by atoms with Gasteiger partial charge >= 0.3 is 29.8 Å². The largest absolute Gasteiger partial charge is 0.494 e. The molecule has 0 heterocycles. The van der Waals surface area contributed by atoms with Crippen LogP contribution in [0.1, 0.15) is 62.3 Å². The molecule has 0 N–H and O–H groups in total. The number of hydrogen-bond donors (Lipinski definition) is 0. The third-order valence-corrected chi connectivity index (χ3v) is 7.48. The molecule has 54 heavy (non-hydrogen) atoms. The Kier molecular flexibility index (Phi) is 15.6. The first-order valence-corrected chi connectivity index (χ1v) is 17.1. The maximum atomic E-state index is 12.9. The Morgan fingerprint density at radius 1 is 0.481 bits per heavy atom. The number of carbonyl (C=O) groups is 5. The van der Waals surface area contributed by atoms with Crippen molar-refractivity contribution in [2.24, 2.45) is 0 Å². The summed E-state index contributed by atoms with van der Waals surface area (Å²) in [7, 11) is 0. The molecule has 4 rings (SSSR count). The standard InChI is InChI=1S/C42H40O12/c1-4-38(43)50-26-8-6-24-48-33-16-10-30(11-17-33)40(45)52-35-20-14-32(15-21-35)42(47)54-37-23-22-36(28-29(37)3)53-41(46)31-12-18-34(19-13-31)49-25-7-9-27-51-39(44)5-2/h4-5,10-23,28H,1-2,6-9,24-27H2,3H3. The molecule has 12 nitrogen and oxygen atoms in total. The van der Waals surface area contributed by atoms with Crippen LogP contribution in [0.25, 0.3) is 0 Å². The van der Waals surface area contributed by atoms with Gasteiger partial charge in [0.15, 0.2) is 0 Å². The summed E-state index contributed by atoms with van der Waals surface area (Å²) in [5, 5.41) is 0. The van der Waals surface area contributed by atoms with Gasteiger partial charge in [-0.1, -0.05) is 13.2 Å². The number of rotatable bonds is 20. The number of ether oxygens (including phenoxy) is 7. The van der Waals surface area contributed by atoms with Crippen LogP contribution in [0.3, 0.4) is 0 Å². The predicted molar refractivity (Wildman–Crippen MR) is 197 cm³/mol. The lowest BCUT2D eigenvalue weighted by molar-refractivity contribution is -0.138. The fourth-order valence-corrected chi connectivity index (χ4v) is 4.58. The maximum absolute atomic E-state index is 12.9. The molecule has 0 saturated carbocycles. The first kappa shape index (κ1) is 40.1. The zero-order chi connectivity index (χ0) is 38.7. The van der Waals surface area contributed by atoms with Crippen molar-refractivity contribution in [2.45, 2.75) is 32.6 Å². The van der Waals surface area contributed by atoms with Crippen LogP contribution < -0.4 is 23.7 Å². The van der Waals surface area contributed by atoms with Crippen molar-refractivity contribution in [3.63, 3.8) is 0 Å². The van der Waals surface area contributed by atoms with Crippen molar-refractivity contribution >= 4 is 29.8 Å². The molecule has 0 fully saturated rings. The Hall–Kier alpha value is -6.69. The van der Waals surface area contributed by atoms with Crippen molar-refractivity contribution in [3.05, 3.63) is 139 Å². The summed E-state index contributed by atoms with van der Waals surface area (Å²) in [6.07, 6.45) is 4.88. The molecule has 0 aromatic heterocycles. The van der Waals surface area contributed by atoms with Crippen LogP contribution in [0.4, 0.5) is 0 Å². The normalized spacial score (nSPS) is 10.3. The van der Waals surface area contributed by atoms with Gasteiger partial charge in [-0.15, -0.1) is 0 Å². The van der Waals surface area contributed by atoms with Crippen LogP contribution in [-0.2, 0) is 19.1 Å². The molecule has 4 aromatic rings. The average Bonchev–Trinajstić information content (AvgIpc) is 3.18. The first-order chi connectivity index (χ1) is 26.1. The van der Waals surface area contributed by atoms with Crippen molar-refractivity contribution in [1.82, 2.24) is 0 Å². The molecule has 0 aliphatic rings. The molecule has 0 radical (unpaired) electrons. The molecule has 0 saturated heterocycles. The Labute approximate surface area is 312 Å². The molecule has 0 spiro atoms. The fourth-order valence-electron chi connectivity index (χ4n) is 4.58. The number of carbonyl (C=O) groups excluding carboxylic acids is 5. The second-order valence-electron chi connectivity index (χ2n) is 11.5. The number of benzene rings is 4. The Morgan fingerprint density at radius 2 is 0.852 bits per heavy atom. The molecular weight excluding hydrogens is 696 g/mol. The van der Waals surface area contributed by atoms with E-state index in [4.69, 9.17) is 33.2 Å². The van der Waals surface area contributed by atoms with Gasteiger partial charge in [0, 0.05) is 12.2 Å². The van der Waals surface area contributed by atoms with Crippen molar-refractivity contribution in [3.8, 4) is 28.7 Å².